The Morgan fingerprint density at radius 1 is 0.364 bits per heavy atom. The minimum Gasteiger partial charge on any atom is -0.456 e. The number of hydrogen-bond acceptors (Lipinski definition) is 4. The van der Waals surface area contributed by atoms with Crippen LogP contribution in [0, 0.1) is 0 Å². The quantitative estimate of drug-likeness (QED) is 0.166. The molecule has 0 fully saturated rings. The summed E-state index contributed by atoms with van der Waals surface area (Å²) < 4.78 is 6.74. The number of hydrogen-bond donors (Lipinski definition) is 0. The van der Waals surface area contributed by atoms with Crippen molar-refractivity contribution >= 4 is 75.8 Å². The maximum Gasteiger partial charge on any atom is 0.165 e. The van der Waals surface area contributed by atoms with Gasteiger partial charge in [0, 0.05) is 33.4 Å². The summed E-state index contributed by atoms with van der Waals surface area (Å²) in [5.41, 5.74) is 11.0. The highest BCUT2D eigenvalue weighted by molar-refractivity contribution is 6.15. The van der Waals surface area contributed by atoms with Crippen LogP contribution in [0.3, 0.4) is 0 Å². The summed E-state index contributed by atoms with van der Waals surface area (Å²) in [7, 11) is 0. The molecule has 11 aromatic carbocycles. The molecule has 0 unspecified atom stereocenters. The summed E-state index contributed by atoms with van der Waals surface area (Å²) >= 11 is 0. The number of para-hydroxylation sites is 1. The molecule has 0 bridgehead atoms. The molecular formula is C62H39N3O. The average Bonchev–Trinajstić information content (AvgIpc) is 3.68. The van der Waals surface area contributed by atoms with Gasteiger partial charge in [-0.3, -0.25) is 0 Å². The summed E-state index contributed by atoms with van der Waals surface area (Å²) in [4.78, 5) is 16.8. The van der Waals surface area contributed by atoms with Crippen molar-refractivity contribution in [3.63, 3.8) is 0 Å². The van der Waals surface area contributed by atoms with E-state index in [-0.39, 0.29) is 5.92 Å². The SMILES string of the molecule is c1ccc2cc3c(cc2c1)CC[C@@H](c1ccc2oc4ccccc4c2c1-c1nc(-c2cccc4ccccc24)nc(-c2cc4ccccc4c4ccccc24)n1)c1c-3ccc2ccccc12. The van der Waals surface area contributed by atoms with Gasteiger partial charge in [0.05, 0.1) is 0 Å². The minimum atomic E-state index is -0.0163. The number of rotatable bonds is 4. The number of benzene rings is 11. The molecule has 0 radical (unpaired) electrons. The fraction of sp³-hybridized carbons (Fsp3) is 0.0484. The Hall–Kier alpha value is -8.47. The fourth-order valence-corrected chi connectivity index (χ4v) is 11.2. The monoisotopic (exact) mass is 841 g/mol. The first-order valence-electron chi connectivity index (χ1n) is 22.9. The van der Waals surface area contributed by atoms with E-state index in [9.17, 15) is 0 Å². The molecule has 4 nitrogen and oxygen atoms in total. The molecule has 0 amide bonds. The van der Waals surface area contributed by atoms with Gasteiger partial charge in [-0.2, -0.15) is 0 Å². The molecule has 0 saturated carbocycles. The minimum absolute atomic E-state index is 0.0163. The van der Waals surface area contributed by atoms with Crippen molar-refractivity contribution in [2.24, 2.45) is 0 Å². The second-order valence-corrected chi connectivity index (χ2v) is 17.7. The van der Waals surface area contributed by atoms with E-state index in [1.807, 2.05) is 6.07 Å². The maximum absolute atomic E-state index is 6.74. The molecule has 4 heteroatoms. The van der Waals surface area contributed by atoms with E-state index in [1.165, 1.54) is 54.7 Å². The number of aromatic nitrogens is 3. The van der Waals surface area contributed by atoms with Crippen molar-refractivity contribution in [3.8, 4) is 45.3 Å². The third-order valence-corrected chi connectivity index (χ3v) is 14.1. The molecule has 13 aromatic rings. The molecule has 308 valence electrons. The van der Waals surface area contributed by atoms with Crippen LogP contribution in [0.2, 0.25) is 0 Å². The van der Waals surface area contributed by atoms with Crippen molar-refractivity contribution in [1.29, 1.82) is 0 Å². The topological polar surface area (TPSA) is 51.8 Å². The van der Waals surface area contributed by atoms with Gasteiger partial charge in [0.15, 0.2) is 17.5 Å². The van der Waals surface area contributed by atoms with Crippen molar-refractivity contribution in [2.75, 3.05) is 0 Å². The lowest BCUT2D eigenvalue weighted by Crippen LogP contribution is -2.08. The van der Waals surface area contributed by atoms with Crippen LogP contribution in [-0.2, 0) is 6.42 Å². The maximum atomic E-state index is 6.74. The van der Waals surface area contributed by atoms with Crippen LogP contribution in [0.15, 0.2) is 211 Å². The van der Waals surface area contributed by atoms with E-state index < -0.39 is 0 Å². The zero-order chi connectivity index (χ0) is 43.3. The standard InChI is InChI=1S/C62H39N3O/c1-2-17-40-35-53-42(34-39(40)16-1)29-31-48(57-45-22-8-4-15-38(45)28-30-50(53)57)49-32-33-56-58(52-25-11-12-27-55(52)66-56)59(49)62-64-60(51-26-13-19-37-14-3-6-20-43(37)51)63-61(65-62)54-36-41-18-5-7-21-44(41)46-23-9-10-24-47(46)54/h1-28,30,32-36,48H,29,31H2/t48-/m0/s1. The molecule has 1 atom stereocenters. The Labute approximate surface area is 380 Å². The molecule has 1 aliphatic carbocycles. The second-order valence-electron chi connectivity index (χ2n) is 17.7. The zero-order valence-electron chi connectivity index (χ0n) is 35.9. The largest absolute Gasteiger partial charge is 0.456 e. The van der Waals surface area contributed by atoms with Crippen molar-refractivity contribution < 1.29 is 4.42 Å². The van der Waals surface area contributed by atoms with Gasteiger partial charge >= 0.3 is 0 Å². The molecule has 0 saturated heterocycles. The van der Waals surface area contributed by atoms with Crippen molar-refractivity contribution in [2.45, 2.75) is 18.8 Å². The normalized spacial score (nSPS) is 13.8. The molecule has 1 aliphatic rings. The lowest BCUT2D eigenvalue weighted by Gasteiger charge is -2.24. The smallest absolute Gasteiger partial charge is 0.165 e. The van der Waals surface area contributed by atoms with Crippen LogP contribution in [0.1, 0.15) is 29.0 Å². The molecule has 0 aliphatic heterocycles. The average molecular weight is 842 g/mol. The third-order valence-electron chi connectivity index (χ3n) is 14.1. The van der Waals surface area contributed by atoms with Gasteiger partial charge in [-0.25, -0.2) is 15.0 Å². The van der Waals surface area contributed by atoms with Gasteiger partial charge in [0.25, 0.3) is 0 Å². The van der Waals surface area contributed by atoms with Crippen LogP contribution in [0.4, 0.5) is 0 Å². The van der Waals surface area contributed by atoms with Crippen LogP contribution >= 0.6 is 0 Å². The van der Waals surface area contributed by atoms with Crippen molar-refractivity contribution in [3.05, 3.63) is 223 Å². The predicted octanol–water partition coefficient (Wildman–Crippen LogP) is 16.3. The van der Waals surface area contributed by atoms with E-state index in [0.717, 1.165) is 78.4 Å². The molecule has 66 heavy (non-hydrogen) atoms. The molecular weight excluding hydrogens is 803 g/mol. The molecule has 0 N–H and O–H groups in total. The number of fused-ring (bicyclic) bond motifs is 13. The van der Waals surface area contributed by atoms with Gasteiger partial charge in [-0.05, 0) is 119 Å². The summed E-state index contributed by atoms with van der Waals surface area (Å²) in [6.45, 7) is 0. The van der Waals surface area contributed by atoms with Gasteiger partial charge in [-0.1, -0.05) is 182 Å². The fourth-order valence-electron chi connectivity index (χ4n) is 11.2. The van der Waals surface area contributed by atoms with Crippen LogP contribution < -0.4 is 0 Å². The van der Waals surface area contributed by atoms with Crippen LogP contribution in [0.25, 0.3) is 121 Å². The van der Waals surface area contributed by atoms with E-state index in [4.69, 9.17) is 19.4 Å². The summed E-state index contributed by atoms with van der Waals surface area (Å²) in [6, 6.07) is 74.4. The molecule has 2 heterocycles. The number of furan rings is 1. The van der Waals surface area contributed by atoms with E-state index in [0.29, 0.717) is 17.5 Å². The number of nitrogens with zero attached hydrogens (tertiary/aromatic N) is 3. The Bertz CT molecular complexity index is 4140. The predicted molar refractivity (Wildman–Crippen MR) is 273 cm³/mol. The van der Waals surface area contributed by atoms with Crippen molar-refractivity contribution in [1.82, 2.24) is 15.0 Å². The van der Waals surface area contributed by atoms with E-state index in [2.05, 4.69) is 200 Å². The van der Waals surface area contributed by atoms with Gasteiger partial charge in [0.1, 0.15) is 11.2 Å². The second kappa shape index (κ2) is 14.5. The lowest BCUT2D eigenvalue weighted by atomic mass is 9.80. The van der Waals surface area contributed by atoms with Crippen LogP contribution in [-0.4, -0.2) is 15.0 Å². The first-order chi connectivity index (χ1) is 32.7. The van der Waals surface area contributed by atoms with E-state index in [1.54, 1.807) is 0 Å². The molecule has 14 rings (SSSR count). The molecule has 0 spiro atoms. The first kappa shape index (κ1) is 37.0. The first-order valence-corrected chi connectivity index (χ1v) is 22.9. The Morgan fingerprint density at radius 3 is 1.77 bits per heavy atom. The Balaban J connectivity index is 1.11. The van der Waals surface area contributed by atoms with Crippen LogP contribution in [0.5, 0.6) is 0 Å². The van der Waals surface area contributed by atoms with Gasteiger partial charge < -0.3 is 4.42 Å². The lowest BCUT2D eigenvalue weighted by molar-refractivity contribution is 0.668. The third kappa shape index (κ3) is 5.68. The van der Waals surface area contributed by atoms with E-state index >= 15 is 0 Å². The van der Waals surface area contributed by atoms with Gasteiger partial charge in [0.2, 0.25) is 0 Å². The zero-order valence-corrected chi connectivity index (χ0v) is 35.9. The summed E-state index contributed by atoms with van der Waals surface area (Å²) in [5, 5.41) is 13.9. The highest BCUT2D eigenvalue weighted by atomic mass is 16.3. The highest BCUT2D eigenvalue weighted by Crippen LogP contribution is 2.50. The summed E-state index contributed by atoms with van der Waals surface area (Å²) in [6.07, 6.45) is 1.80. The molecule has 2 aromatic heterocycles. The number of aryl methyl sites for hydroxylation is 1. The Morgan fingerprint density at radius 2 is 0.955 bits per heavy atom. The van der Waals surface area contributed by atoms with Gasteiger partial charge in [-0.15, -0.1) is 0 Å². The Kier molecular flexibility index (Phi) is 8.14. The summed E-state index contributed by atoms with van der Waals surface area (Å²) in [5.74, 6) is 1.87. The highest BCUT2D eigenvalue weighted by Gasteiger charge is 2.31.